The molecule has 0 bridgehead atoms. The van der Waals surface area contributed by atoms with Crippen molar-refractivity contribution < 1.29 is 4.74 Å². The highest BCUT2D eigenvalue weighted by atomic mass is 16.5. The molecule has 0 aliphatic carbocycles. The van der Waals surface area contributed by atoms with E-state index in [1.54, 1.807) is 0 Å². The van der Waals surface area contributed by atoms with Crippen molar-refractivity contribution in [2.45, 2.75) is 19.4 Å². The molecule has 2 heterocycles. The minimum atomic E-state index is 0.280. The summed E-state index contributed by atoms with van der Waals surface area (Å²) in [5, 5.41) is 4.44. The average molecular weight is 228 g/mol. The van der Waals surface area contributed by atoms with Gasteiger partial charge < -0.3 is 10.1 Å². The first-order valence-electron chi connectivity index (χ1n) is 6.07. The van der Waals surface area contributed by atoms with E-state index in [0.29, 0.717) is 0 Å². The van der Waals surface area contributed by atoms with Crippen molar-refractivity contribution in [3.63, 3.8) is 0 Å². The van der Waals surface area contributed by atoms with Crippen LogP contribution in [0.15, 0.2) is 30.3 Å². The van der Waals surface area contributed by atoms with Crippen LogP contribution in [0.25, 0.3) is 10.9 Å². The second-order valence-electron chi connectivity index (χ2n) is 4.51. The van der Waals surface area contributed by atoms with Crippen molar-refractivity contribution in [3.05, 3.63) is 36.0 Å². The Bertz CT molecular complexity index is 533. The van der Waals surface area contributed by atoms with E-state index in [0.717, 1.165) is 41.9 Å². The van der Waals surface area contributed by atoms with Gasteiger partial charge >= 0.3 is 0 Å². The molecule has 3 nitrogen and oxygen atoms in total. The molecular weight excluding hydrogens is 212 g/mol. The zero-order valence-electron chi connectivity index (χ0n) is 9.94. The van der Waals surface area contributed by atoms with Crippen LogP contribution in [-0.4, -0.2) is 24.2 Å². The lowest BCUT2D eigenvalue weighted by Crippen LogP contribution is -2.19. The molecule has 0 unspecified atom stereocenters. The number of fused-ring (bicyclic) bond motifs is 1. The highest BCUT2D eigenvalue weighted by Crippen LogP contribution is 2.25. The van der Waals surface area contributed by atoms with Crippen LogP contribution in [0.5, 0.6) is 5.75 Å². The SMILES string of the molecule is Cc1ccc2cccc(O[C@@H]3CCNC3)c2n1. The van der Waals surface area contributed by atoms with E-state index in [1.165, 1.54) is 0 Å². The fourth-order valence-electron chi connectivity index (χ4n) is 2.22. The Morgan fingerprint density at radius 2 is 2.24 bits per heavy atom. The number of nitrogens with one attached hydrogen (secondary N) is 1. The summed E-state index contributed by atoms with van der Waals surface area (Å²) in [7, 11) is 0. The third kappa shape index (κ3) is 2.11. The van der Waals surface area contributed by atoms with E-state index in [4.69, 9.17) is 4.74 Å². The third-order valence-electron chi connectivity index (χ3n) is 3.13. The molecule has 1 aromatic carbocycles. The van der Waals surface area contributed by atoms with Gasteiger partial charge in [0.15, 0.2) is 0 Å². The zero-order valence-corrected chi connectivity index (χ0v) is 9.94. The topological polar surface area (TPSA) is 34.1 Å². The number of hydrogen-bond donors (Lipinski definition) is 1. The van der Waals surface area contributed by atoms with Gasteiger partial charge in [-0.3, -0.25) is 0 Å². The lowest BCUT2D eigenvalue weighted by Gasteiger charge is -2.14. The molecule has 1 atom stereocenters. The minimum Gasteiger partial charge on any atom is -0.487 e. The van der Waals surface area contributed by atoms with Crippen LogP contribution in [0.2, 0.25) is 0 Å². The number of benzene rings is 1. The van der Waals surface area contributed by atoms with Crippen LogP contribution in [0, 0.1) is 6.92 Å². The first-order valence-corrected chi connectivity index (χ1v) is 6.07. The molecule has 0 saturated carbocycles. The fraction of sp³-hybridized carbons (Fsp3) is 0.357. The predicted octanol–water partition coefficient (Wildman–Crippen LogP) is 2.28. The molecule has 3 heteroatoms. The second-order valence-corrected chi connectivity index (χ2v) is 4.51. The zero-order chi connectivity index (χ0) is 11.7. The molecule has 17 heavy (non-hydrogen) atoms. The lowest BCUT2D eigenvalue weighted by atomic mass is 10.2. The van der Waals surface area contributed by atoms with Gasteiger partial charge in [0.25, 0.3) is 0 Å². The first-order chi connectivity index (χ1) is 8.33. The van der Waals surface area contributed by atoms with Gasteiger partial charge in [0, 0.05) is 17.6 Å². The van der Waals surface area contributed by atoms with Crippen molar-refractivity contribution in [1.82, 2.24) is 10.3 Å². The number of rotatable bonds is 2. The molecule has 0 amide bonds. The van der Waals surface area contributed by atoms with Crippen LogP contribution in [-0.2, 0) is 0 Å². The van der Waals surface area contributed by atoms with Gasteiger partial charge in [0.2, 0.25) is 0 Å². The number of pyridine rings is 1. The van der Waals surface area contributed by atoms with Crippen molar-refractivity contribution in [1.29, 1.82) is 0 Å². The summed E-state index contributed by atoms with van der Waals surface area (Å²) in [5.41, 5.74) is 2.00. The van der Waals surface area contributed by atoms with E-state index in [-0.39, 0.29) is 6.10 Å². The number of aryl methyl sites for hydroxylation is 1. The van der Waals surface area contributed by atoms with Gasteiger partial charge in [-0.05, 0) is 32.0 Å². The summed E-state index contributed by atoms with van der Waals surface area (Å²) in [6.45, 7) is 3.98. The summed E-state index contributed by atoms with van der Waals surface area (Å²) in [6.07, 6.45) is 1.35. The van der Waals surface area contributed by atoms with Gasteiger partial charge in [0.1, 0.15) is 17.4 Å². The van der Waals surface area contributed by atoms with Gasteiger partial charge in [-0.15, -0.1) is 0 Å². The normalized spacial score (nSPS) is 19.7. The van der Waals surface area contributed by atoms with Gasteiger partial charge in [-0.2, -0.15) is 0 Å². The van der Waals surface area contributed by atoms with E-state index < -0.39 is 0 Å². The molecule has 1 N–H and O–H groups in total. The number of ether oxygens (including phenoxy) is 1. The number of aromatic nitrogens is 1. The van der Waals surface area contributed by atoms with E-state index in [1.807, 2.05) is 25.1 Å². The number of para-hydroxylation sites is 1. The Morgan fingerprint density at radius 3 is 3.06 bits per heavy atom. The quantitative estimate of drug-likeness (QED) is 0.856. The highest BCUT2D eigenvalue weighted by molar-refractivity contribution is 5.84. The van der Waals surface area contributed by atoms with Crippen LogP contribution in [0.4, 0.5) is 0 Å². The summed E-state index contributed by atoms with van der Waals surface area (Å²) < 4.78 is 6.02. The summed E-state index contributed by atoms with van der Waals surface area (Å²) >= 11 is 0. The molecular formula is C14H16N2O. The monoisotopic (exact) mass is 228 g/mol. The Morgan fingerprint density at radius 1 is 1.29 bits per heavy atom. The van der Waals surface area contributed by atoms with Crippen LogP contribution in [0.1, 0.15) is 12.1 Å². The number of nitrogens with zero attached hydrogens (tertiary/aromatic N) is 1. The van der Waals surface area contributed by atoms with Crippen LogP contribution in [0.3, 0.4) is 0 Å². The van der Waals surface area contributed by atoms with Gasteiger partial charge in [-0.25, -0.2) is 4.98 Å². The molecule has 0 radical (unpaired) electrons. The maximum absolute atomic E-state index is 6.02. The molecule has 2 aromatic rings. The molecule has 1 fully saturated rings. The molecule has 1 aliphatic rings. The molecule has 0 spiro atoms. The molecule has 1 aliphatic heterocycles. The molecule has 1 saturated heterocycles. The minimum absolute atomic E-state index is 0.280. The first kappa shape index (κ1) is 10.5. The van der Waals surface area contributed by atoms with Crippen LogP contribution >= 0.6 is 0 Å². The second kappa shape index (κ2) is 4.34. The highest BCUT2D eigenvalue weighted by Gasteiger charge is 2.17. The molecule has 3 rings (SSSR count). The van der Waals surface area contributed by atoms with Gasteiger partial charge in [-0.1, -0.05) is 18.2 Å². The van der Waals surface area contributed by atoms with Crippen molar-refractivity contribution >= 4 is 10.9 Å². The maximum atomic E-state index is 6.02. The average Bonchev–Trinajstić information content (AvgIpc) is 2.83. The van der Waals surface area contributed by atoms with Crippen molar-refractivity contribution in [2.75, 3.05) is 13.1 Å². The third-order valence-corrected chi connectivity index (χ3v) is 3.13. The number of hydrogen-bond acceptors (Lipinski definition) is 3. The van der Waals surface area contributed by atoms with Crippen molar-refractivity contribution in [2.24, 2.45) is 0 Å². The summed E-state index contributed by atoms with van der Waals surface area (Å²) in [4.78, 5) is 4.57. The molecule has 1 aromatic heterocycles. The maximum Gasteiger partial charge on any atom is 0.146 e. The Kier molecular flexibility index (Phi) is 2.69. The fourth-order valence-corrected chi connectivity index (χ4v) is 2.22. The van der Waals surface area contributed by atoms with Crippen LogP contribution < -0.4 is 10.1 Å². The summed E-state index contributed by atoms with van der Waals surface area (Å²) in [5.74, 6) is 0.903. The Labute approximate surface area is 101 Å². The van der Waals surface area contributed by atoms with E-state index in [2.05, 4.69) is 22.4 Å². The smallest absolute Gasteiger partial charge is 0.146 e. The molecule has 88 valence electrons. The largest absolute Gasteiger partial charge is 0.487 e. The summed E-state index contributed by atoms with van der Waals surface area (Å²) in [6, 6.07) is 10.2. The van der Waals surface area contributed by atoms with E-state index >= 15 is 0 Å². The van der Waals surface area contributed by atoms with Gasteiger partial charge in [0.05, 0.1) is 0 Å². The Balaban J connectivity index is 1.99. The predicted molar refractivity (Wildman–Crippen MR) is 68.4 cm³/mol. The lowest BCUT2D eigenvalue weighted by molar-refractivity contribution is 0.225. The Hall–Kier alpha value is -1.61. The standard InChI is InChI=1S/C14H16N2O/c1-10-5-6-11-3-2-4-13(14(11)16-10)17-12-7-8-15-9-12/h2-6,12,15H,7-9H2,1H3/t12-/m1/s1. The van der Waals surface area contributed by atoms with E-state index in [9.17, 15) is 0 Å². The van der Waals surface area contributed by atoms with Crippen molar-refractivity contribution in [3.8, 4) is 5.75 Å².